The molecule has 0 radical (unpaired) electrons. The summed E-state index contributed by atoms with van der Waals surface area (Å²) in [6, 6.07) is 14.6. The quantitative estimate of drug-likeness (QED) is 0.323. The summed E-state index contributed by atoms with van der Waals surface area (Å²) in [5.74, 6) is -0.290. The summed E-state index contributed by atoms with van der Waals surface area (Å²) in [5, 5.41) is 32.8. The normalized spacial score (nSPS) is 11.4. The van der Waals surface area contributed by atoms with Crippen molar-refractivity contribution in [1.29, 1.82) is 0 Å². The van der Waals surface area contributed by atoms with Gasteiger partial charge in [-0.1, -0.05) is 18.2 Å². The van der Waals surface area contributed by atoms with Gasteiger partial charge < -0.3 is 29.4 Å². The third kappa shape index (κ3) is 3.40. The largest absolute Gasteiger partial charge is 0.508 e. The second-order valence-corrected chi connectivity index (χ2v) is 7.53. The van der Waals surface area contributed by atoms with E-state index in [1.54, 1.807) is 35.3 Å². The van der Waals surface area contributed by atoms with Crippen LogP contribution < -0.4 is 0 Å². The molecule has 3 aromatic heterocycles. The van der Waals surface area contributed by atoms with Gasteiger partial charge >= 0.3 is 0 Å². The van der Waals surface area contributed by atoms with Crippen molar-refractivity contribution in [3.63, 3.8) is 0 Å². The molecule has 0 bridgehead atoms. The topological polar surface area (TPSA) is 99.2 Å². The highest BCUT2D eigenvalue weighted by molar-refractivity contribution is 5.92. The van der Waals surface area contributed by atoms with Gasteiger partial charge in [0.15, 0.2) is 5.75 Å². The predicted molar refractivity (Wildman–Crippen MR) is 119 cm³/mol. The summed E-state index contributed by atoms with van der Waals surface area (Å²) < 4.78 is 3.71. The van der Waals surface area contributed by atoms with E-state index in [1.165, 1.54) is 0 Å². The molecule has 0 aliphatic carbocycles. The number of rotatable bonds is 6. The maximum atomic E-state index is 10.9. The highest BCUT2D eigenvalue weighted by Gasteiger charge is 2.25. The molecule has 0 amide bonds. The molecule has 31 heavy (non-hydrogen) atoms. The first-order valence-electron chi connectivity index (χ1n) is 10.1. The van der Waals surface area contributed by atoms with Crippen LogP contribution in [0.15, 0.2) is 73.4 Å². The number of aromatic amines is 1. The third-order valence-electron chi connectivity index (χ3n) is 5.53. The molecule has 0 unspecified atom stereocenters. The Balaban J connectivity index is 1.64. The lowest BCUT2D eigenvalue weighted by Crippen LogP contribution is -2.04. The second kappa shape index (κ2) is 7.60. The lowest BCUT2D eigenvalue weighted by Gasteiger charge is -2.13. The van der Waals surface area contributed by atoms with Crippen molar-refractivity contribution >= 4 is 10.9 Å². The first-order valence-corrected chi connectivity index (χ1v) is 10.1. The van der Waals surface area contributed by atoms with Crippen molar-refractivity contribution < 1.29 is 15.3 Å². The lowest BCUT2D eigenvalue weighted by atomic mass is 9.99. The Hall–Kier alpha value is -4.13. The number of imidazole rings is 1. The maximum absolute atomic E-state index is 10.9. The van der Waals surface area contributed by atoms with E-state index < -0.39 is 0 Å². The monoisotopic (exact) mass is 414 g/mol. The third-order valence-corrected chi connectivity index (χ3v) is 5.53. The lowest BCUT2D eigenvalue weighted by molar-refractivity contribution is 0.368. The van der Waals surface area contributed by atoms with E-state index in [0.29, 0.717) is 23.4 Å². The van der Waals surface area contributed by atoms with E-state index in [-0.39, 0.29) is 17.4 Å². The van der Waals surface area contributed by atoms with Crippen molar-refractivity contribution in [2.45, 2.75) is 19.5 Å². The molecule has 0 aliphatic heterocycles. The van der Waals surface area contributed by atoms with Gasteiger partial charge in [-0.3, -0.25) is 0 Å². The van der Waals surface area contributed by atoms with Gasteiger partial charge in [0.05, 0.1) is 17.6 Å². The van der Waals surface area contributed by atoms with E-state index >= 15 is 0 Å². The molecule has 0 saturated carbocycles. The molecule has 156 valence electrons. The van der Waals surface area contributed by atoms with Crippen LogP contribution in [0, 0.1) is 0 Å². The zero-order valence-electron chi connectivity index (χ0n) is 16.7. The second-order valence-electron chi connectivity index (χ2n) is 7.53. The molecule has 4 N–H and O–H groups in total. The molecule has 0 atom stereocenters. The van der Waals surface area contributed by atoms with Crippen LogP contribution in [0.25, 0.3) is 33.3 Å². The summed E-state index contributed by atoms with van der Waals surface area (Å²) in [4.78, 5) is 7.25. The predicted octanol–water partition coefficient (Wildman–Crippen LogP) is 4.71. The minimum absolute atomic E-state index is 0.0938. The van der Waals surface area contributed by atoms with Gasteiger partial charge in [0, 0.05) is 42.6 Å². The molecular weight excluding hydrogens is 392 g/mol. The summed E-state index contributed by atoms with van der Waals surface area (Å²) >= 11 is 0. The van der Waals surface area contributed by atoms with Crippen LogP contribution >= 0.6 is 0 Å². The number of aromatic nitrogens is 4. The summed E-state index contributed by atoms with van der Waals surface area (Å²) in [6.07, 6.45) is 7.99. The number of nitrogens with one attached hydrogen (secondary N) is 1. The molecule has 2 aromatic carbocycles. The van der Waals surface area contributed by atoms with Crippen LogP contribution in [0.4, 0.5) is 0 Å². The van der Waals surface area contributed by atoms with Crippen LogP contribution in [0.3, 0.4) is 0 Å². The number of hydrogen-bond acceptors (Lipinski definition) is 4. The number of nitrogens with zero attached hydrogens (tertiary/aromatic N) is 3. The Morgan fingerprint density at radius 1 is 0.935 bits per heavy atom. The van der Waals surface area contributed by atoms with Gasteiger partial charge in [0.2, 0.25) is 5.88 Å². The summed E-state index contributed by atoms with van der Waals surface area (Å²) in [7, 11) is 0. The number of phenols is 1. The van der Waals surface area contributed by atoms with E-state index in [2.05, 4.69) is 9.97 Å². The minimum atomic E-state index is -0.197. The van der Waals surface area contributed by atoms with Gasteiger partial charge in [0.25, 0.3) is 0 Å². The molecule has 7 nitrogen and oxygen atoms in total. The van der Waals surface area contributed by atoms with Gasteiger partial charge in [-0.05, 0) is 47.9 Å². The maximum Gasteiger partial charge on any atom is 0.235 e. The van der Waals surface area contributed by atoms with E-state index in [0.717, 1.165) is 29.4 Å². The fraction of sp³-hybridized carbons (Fsp3) is 0.125. The van der Waals surface area contributed by atoms with Crippen molar-refractivity contribution in [3.8, 4) is 39.8 Å². The number of phenolic OH excluding ortho intramolecular Hbond substituents is 1. The average molecular weight is 414 g/mol. The average Bonchev–Trinajstić information content (AvgIpc) is 3.50. The molecule has 5 aromatic rings. The standard InChI is InChI=1S/C24H22N4O3/c29-19-4-1-3-17(14-19)21-22(18-5-6-20-16(13-18)7-8-26-20)28(24(31)23(21)30)11-2-10-27-12-9-25-15-27/h1,3-9,12-15,26,29-31H,2,10-11H2. The Morgan fingerprint density at radius 2 is 1.84 bits per heavy atom. The zero-order valence-corrected chi connectivity index (χ0v) is 16.7. The molecule has 0 saturated heterocycles. The van der Waals surface area contributed by atoms with Gasteiger partial charge in [-0.25, -0.2) is 4.98 Å². The fourth-order valence-corrected chi connectivity index (χ4v) is 4.08. The number of hydrogen-bond donors (Lipinski definition) is 4. The van der Waals surface area contributed by atoms with E-state index in [1.807, 2.05) is 47.3 Å². The van der Waals surface area contributed by atoms with Crippen LogP contribution in [-0.4, -0.2) is 34.4 Å². The van der Waals surface area contributed by atoms with Gasteiger partial charge in [0.1, 0.15) is 5.75 Å². The van der Waals surface area contributed by atoms with Gasteiger partial charge in [-0.15, -0.1) is 0 Å². The summed E-state index contributed by atoms with van der Waals surface area (Å²) in [5.41, 5.74) is 3.70. The molecule has 0 fully saturated rings. The minimum Gasteiger partial charge on any atom is -0.508 e. The van der Waals surface area contributed by atoms with E-state index in [4.69, 9.17) is 0 Å². The van der Waals surface area contributed by atoms with E-state index in [9.17, 15) is 15.3 Å². The molecule has 0 aliphatic rings. The van der Waals surface area contributed by atoms with Gasteiger partial charge in [-0.2, -0.15) is 0 Å². The highest BCUT2D eigenvalue weighted by Crippen LogP contribution is 2.48. The molecule has 7 heteroatoms. The Bertz CT molecular complexity index is 1350. The van der Waals surface area contributed by atoms with Crippen LogP contribution in [0.5, 0.6) is 17.4 Å². The van der Waals surface area contributed by atoms with Crippen LogP contribution in [0.2, 0.25) is 0 Å². The number of fused-ring (bicyclic) bond motifs is 1. The van der Waals surface area contributed by atoms with Crippen LogP contribution in [-0.2, 0) is 13.1 Å². The Labute approximate surface area is 178 Å². The zero-order chi connectivity index (χ0) is 21.4. The molecular formula is C24H22N4O3. The first kappa shape index (κ1) is 18.9. The Morgan fingerprint density at radius 3 is 2.65 bits per heavy atom. The molecule has 5 rings (SSSR count). The molecule has 0 spiro atoms. The van der Waals surface area contributed by atoms with Crippen LogP contribution in [0.1, 0.15) is 6.42 Å². The number of aryl methyl sites for hydroxylation is 1. The van der Waals surface area contributed by atoms with Crippen molar-refractivity contribution in [3.05, 3.63) is 73.4 Å². The SMILES string of the molecule is Oc1cccc(-c2c(O)c(O)n(CCCn3ccnc3)c2-c2ccc3[nH]ccc3c2)c1. The first-order chi connectivity index (χ1) is 15.1. The van der Waals surface area contributed by atoms with Crippen molar-refractivity contribution in [1.82, 2.24) is 19.1 Å². The summed E-state index contributed by atoms with van der Waals surface area (Å²) in [6.45, 7) is 1.23. The number of benzene rings is 2. The van der Waals surface area contributed by atoms with Crippen molar-refractivity contribution in [2.75, 3.05) is 0 Å². The van der Waals surface area contributed by atoms with Crippen molar-refractivity contribution in [2.24, 2.45) is 0 Å². The Kier molecular flexibility index (Phi) is 4.63. The number of aromatic hydroxyl groups is 3. The smallest absolute Gasteiger partial charge is 0.235 e. The fourth-order valence-electron chi connectivity index (χ4n) is 4.08. The molecule has 3 heterocycles. The highest BCUT2D eigenvalue weighted by atomic mass is 16.3. The number of H-pyrrole nitrogens is 1.